The minimum Gasteiger partial charge on any atom is -0.384 e. The molecule has 0 radical (unpaired) electrons. The number of anilines is 2. The smallest absolute Gasteiger partial charge is 0.384 e. The Balaban J connectivity index is 1.29. The Bertz CT molecular complexity index is 1740. The van der Waals surface area contributed by atoms with Crippen molar-refractivity contribution in [3.05, 3.63) is 77.4 Å². The van der Waals surface area contributed by atoms with Gasteiger partial charge in [0.25, 0.3) is 5.91 Å². The van der Waals surface area contributed by atoms with Crippen molar-refractivity contribution >= 4 is 34.2 Å². The van der Waals surface area contributed by atoms with Crippen LogP contribution in [-0.2, 0) is 17.5 Å². The molecule has 242 valence electrons. The third-order valence-corrected chi connectivity index (χ3v) is 9.11. The van der Waals surface area contributed by atoms with E-state index in [4.69, 9.17) is 4.98 Å². The van der Waals surface area contributed by atoms with Gasteiger partial charge in [0.15, 0.2) is 0 Å². The number of nitrogens with zero attached hydrogens (tertiary/aromatic N) is 3. The number of carbonyl (C=O) groups excluding carboxylic acids is 2. The highest BCUT2D eigenvalue weighted by molar-refractivity contribution is 6.03. The Morgan fingerprint density at radius 2 is 1.87 bits per heavy atom. The zero-order valence-corrected chi connectivity index (χ0v) is 26.1. The first kappa shape index (κ1) is 31.6. The minimum atomic E-state index is -4.46. The van der Waals surface area contributed by atoms with Gasteiger partial charge in [0.1, 0.15) is 11.9 Å². The number of halogens is 3. The number of likely N-dealkylation sites (tertiary alicyclic amines) is 1. The van der Waals surface area contributed by atoms with Gasteiger partial charge in [-0.15, -0.1) is 0 Å². The molecule has 11 heteroatoms. The molecule has 0 saturated carbocycles. The van der Waals surface area contributed by atoms with Gasteiger partial charge >= 0.3 is 6.18 Å². The van der Waals surface area contributed by atoms with Gasteiger partial charge in [-0.1, -0.05) is 38.8 Å². The lowest BCUT2D eigenvalue weighted by Gasteiger charge is -2.26. The van der Waals surface area contributed by atoms with Crippen LogP contribution in [0.4, 0.5) is 24.5 Å². The molecule has 46 heavy (non-hydrogen) atoms. The van der Waals surface area contributed by atoms with Crippen LogP contribution in [0, 0.1) is 5.92 Å². The van der Waals surface area contributed by atoms with E-state index in [1.165, 1.54) is 25.3 Å². The van der Waals surface area contributed by atoms with Crippen LogP contribution in [0.3, 0.4) is 0 Å². The Kier molecular flexibility index (Phi) is 9.04. The third kappa shape index (κ3) is 6.60. The monoisotopic (exact) mass is 632 g/mol. The van der Waals surface area contributed by atoms with E-state index in [1.807, 2.05) is 36.6 Å². The van der Waals surface area contributed by atoms with Crippen molar-refractivity contribution in [1.29, 1.82) is 0 Å². The normalized spacial score (nSPS) is 17.5. The number of alkyl halides is 3. The first-order valence-corrected chi connectivity index (χ1v) is 16.0. The number of hydrogen-bond donors (Lipinski definition) is 3. The lowest BCUT2D eigenvalue weighted by molar-refractivity contribution is -0.137. The summed E-state index contributed by atoms with van der Waals surface area (Å²) < 4.78 is 41.4. The molecule has 3 aromatic carbocycles. The van der Waals surface area contributed by atoms with E-state index in [1.54, 1.807) is 24.3 Å². The van der Waals surface area contributed by atoms with Crippen LogP contribution in [0.15, 0.2) is 60.7 Å². The summed E-state index contributed by atoms with van der Waals surface area (Å²) in [6.45, 7) is 8.05. The first-order valence-electron chi connectivity index (χ1n) is 16.0. The fourth-order valence-electron chi connectivity index (χ4n) is 6.40. The van der Waals surface area contributed by atoms with E-state index in [-0.39, 0.29) is 18.4 Å². The van der Waals surface area contributed by atoms with Gasteiger partial charge < -0.3 is 25.4 Å². The lowest BCUT2D eigenvalue weighted by Crippen LogP contribution is -2.33. The summed E-state index contributed by atoms with van der Waals surface area (Å²) in [4.78, 5) is 34.3. The van der Waals surface area contributed by atoms with Crippen molar-refractivity contribution < 1.29 is 22.8 Å². The number of nitrogens with one attached hydrogen (secondary N) is 3. The SMILES string of the molecule is CC[C@@H](C)[C@@H]1C(=O)Nc2ccc(NCCN3CCCCC3)cc2-c2nc3cc(C(=O)NCc4cccc(C(F)(F)F)c4)ccc3n21. The summed E-state index contributed by atoms with van der Waals surface area (Å²) in [5.41, 5.74) is 3.58. The third-order valence-electron chi connectivity index (χ3n) is 9.11. The molecular weight excluding hydrogens is 593 g/mol. The van der Waals surface area contributed by atoms with Gasteiger partial charge in [-0.3, -0.25) is 9.59 Å². The Hall–Kier alpha value is -4.38. The van der Waals surface area contributed by atoms with E-state index in [0.717, 1.165) is 61.5 Å². The van der Waals surface area contributed by atoms with Crippen LogP contribution in [0.1, 0.15) is 67.1 Å². The average Bonchev–Trinajstić information content (AvgIpc) is 3.37. The number of benzene rings is 3. The number of rotatable bonds is 9. The molecule has 0 aliphatic carbocycles. The summed E-state index contributed by atoms with van der Waals surface area (Å²) >= 11 is 0. The van der Waals surface area contributed by atoms with Crippen LogP contribution in [0.25, 0.3) is 22.4 Å². The van der Waals surface area contributed by atoms with Crippen LogP contribution < -0.4 is 16.0 Å². The van der Waals surface area contributed by atoms with E-state index >= 15 is 0 Å². The number of hydrogen-bond acceptors (Lipinski definition) is 5. The minimum absolute atomic E-state index is 0.00281. The molecular formula is C35H39F3N6O2. The molecule has 3 N–H and O–H groups in total. The van der Waals surface area contributed by atoms with Crippen LogP contribution >= 0.6 is 0 Å². The summed E-state index contributed by atoms with van der Waals surface area (Å²) in [5.74, 6) is 0.0829. The maximum atomic E-state index is 13.7. The van der Waals surface area contributed by atoms with Gasteiger partial charge in [-0.2, -0.15) is 13.2 Å². The number of carbonyl (C=O) groups is 2. The molecule has 1 saturated heterocycles. The molecule has 3 heterocycles. The molecule has 2 aliphatic heterocycles. The molecule has 0 spiro atoms. The van der Waals surface area contributed by atoms with E-state index < -0.39 is 23.7 Å². The number of amides is 2. The second kappa shape index (κ2) is 13.2. The molecule has 1 aromatic heterocycles. The van der Waals surface area contributed by atoms with Gasteiger partial charge in [-0.25, -0.2) is 4.98 Å². The van der Waals surface area contributed by atoms with Crippen molar-refractivity contribution in [1.82, 2.24) is 19.8 Å². The fraction of sp³-hybridized carbons (Fsp3) is 0.400. The largest absolute Gasteiger partial charge is 0.416 e. The van der Waals surface area contributed by atoms with Crippen molar-refractivity contribution in [3.8, 4) is 11.4 Å². The van der Waals surface area contributed by atoms with Gasteiger partial charge in [0.2, 0.25) is 5.91 Å². The van der Waals surface area contributed by atoms with Crippen molar-refractivity contribution in [2.45, 2.75) is 58.3 Å². The second-order valence-electron chi connectivity index (χ2n) is 12.3. The van der Waals surface area contributed by atoms with Crippen molar-refractivity contribution in [2.24, 2.45) is 5.92 Å². The predicted molar refractivity (Wildman–Crippen MR) is 174 cm³/mol. The van der Waals surface area contributed by atoms with E-state index in [2.05, 4.69) is 20.9 Å². The predicted octanol–water partition coefficient (Wildman–Crippen LogP) is 7.09. The molecule has 2 aliphatic rings. The standard InChI is InChI=1S/C35H39F3N6O2/c1-3-22(2)31-34(46)42-28-12-11-26(39-14-17-43-15-5-4-6-16-43)20-27(28)32-41-29-19-24(10-13-30(29)44(31)32)33(45)40-21-23-8-7-9-25(18-23)35(36,37)38/h7-13,18-20,22,31,39H,3-6,14-17,21H2,1-2H3,(H,40,45)(H,42,46)/t22-,31-/m1/s1. The highest BCUT2D eigenvalue weighted by Gasteiger charge is 2.34. The van der Waals surface area contributed by atoms with Crippen molar-refractivity contribution in [2.75, 3.05) is 36.8 Å². The summed E-state index contributed by atoms with van der Waals surface area (Å²) in [7, 11) is 0. The molecule has 6 rings (SSSR count). The van der Waals surface area contributed by atoms with E-state index in [9.17, 15) is 22.8 Å². The summed E-state index contributed by atoms with van der Waals surface area (Å²) in [6, 6.07) is 15.4. The Morgan fingerprint density at radius 1 is 1.07 bits per heavy atom. The van der Waals surface area contributed by atoms with Gasteiger partial charge in [0.05, 0.1) is 22.3 Å². The Morgan fingerprint density at radius 3 is 2.63 bits per heavy atom. The molecule has 2 amide bonds. The molecule has 0 bridgehead atoms. The zero-order valence-electron chi connectivity index (χ0n) is 26.1. The molecule has 0 unspecified atom stereocenters. The first-order chi connectivity index (χ1) is 22.1. The van der Waals surface area contributed by atoms with Gasteiger partial charge in [-0.05, 0) is 85.9 Å². The topological polar surface area (TPSA) is 91.3 Å². The molecule has 4 aromatic rings. The summed E-state index contributed by atoms with van der Waals surface area (Å²) in [6.07, 6.45) is 0.0886. The van der Waals surface area contributed by atoms with Crippen LogP contribution in [-0.4, -0.2) is 52.4 Å². The van der Waals surface area contributed by atoms with Gasteiger partial charge in [0, 0.05) is 36.4 Å². The lowest BCUT2D eigenvalue weighted by atomic mass is 9.97. The maximum Gasteiger partial charge on any atom is 0.416 e. The van der Waals surface area contributed by atoms with Crippen molar-refractivity contribution in [3.63, 3.8) is 0 Å². The van der Waals surface area contributed by atoms with Crippen LogP contribution in [0.2, 0.25) is 0 Å². The fourth-order valence-corrected chi connectivity index (χ4v) is 6.40. The Labute approximate surface area is 266 Å². The molecule has 8 nitrogen and oxygen atoms in total. The zero-order chi connectivity index (χ0) is 32.4. The number of aromatic nitrogens is 2. The quantitative estimate of drug-likeness (QED) is 0.183. The maximum absolute atomic E-state index is 13.7. The second-order valence-corrected chi connectivity index (χ2v) is 12.3. The molecule has 1 fully saturated rings. The average molecular weight is 633 g/mol. The van der Waals surface area contributed by atoms with Crippen LogP contribution in [0.5, 0.6) is 0 Å². The number of piperidine rings is 1. The number of fused-ring (bicyclic) bond motifs is 5. The molecule has 2 atom stereocenters. The summed E-state index contributed by atoms with van der Waals surface area (Å²) in [5, 5.41) is 9.39. The van der Waals surface area contributed by atoms with E-state index in [0.29, 0.717) is 28.2 Å². The highest BCUT2D eigenvalue weighted by atomic mass is 19.4. The number of imidazole rings is 1. The highest BCUT2D eigenvalue weighted by Crippen LogP contribution is 2.40.